The zero-order valence-electron chi connectivity index (χ0n) is 11.4. The molecule has 0 aliphatic heterocycles. The summed E-state index contributed by atoms with van der Waals surface area (Å²) in [7, 11) is 1.62. The van der Waals surface area contributed by atoms with Crippen molar-refractivity contribution in [3.63, 3.8) is 0 Å². The Bertz CT molecular complexity index is 597. The Labute approximate surface area is 118 Å². The molecule has 0 atom stereocenters. The lowest BCUT2D eigenvalue weighted by atomic mass is 10.1. The number of nitrogens with two attached hydrogens (primary N) is 1. The van der Waals surface area contributed by atoms with E-state index in [4.69, 9.17) is 10.5 Å². The van der Waals surface area contributed by atoms with Crippen LogP contribution >= 0.6 is 0 Å². The van der Waals surface area contributed by atoms with Crippen LogP contribution in [0.4, 0.5) is 0 Å². The zero-order chi connectivity index (χ0) is 14.4. The second-order valence-electron chi connectivity index (χ2n) is 4.36. The Morgan fingerprint density at radius 3 is 2.45 bits per heavy atom. The molecule has 0 unspecified atom stereocenters. The fraction of sp³-hybridized carbons (Fsp3) is 0.188. The summed E-state index contributed by atoms with van der Waals surface area (Å²) < 4.78 is 5.26. The first kappa shape index (κ1) is 14.1. The van der Waals surface area contributed by atoms with Crippen molar-refractivity contribution in [2.75, 3.05) is 7.11 Å². The highest BCUT2D eigenvalue weighted by Crippen LogP contribution is 2.17. The van der Waals surface area contributed by atoms with E-state index in [1.165, 1.54) is 0 Å². The van der Waals surface area contributed by atoms with Crippen LogP contribution in [0.25, 0.3) is 0 Å². The van der Waals surface area contributed by atoms with Crippen LogP contribution in [0.2, 0.25) is 0 Å². The van der Waals surface area contributed by atoms with Gasteiger partial charge in [-0.2, -0.15) is 0 Å². The molecule has 0 fully saturated rings. The summed E-state index contributed by atoms with van der Waals surface area (Å²) in [6, 6.07) is 14.9. The van der Waals surface area contributed by atoms with E-state index in [1.807, 2.05) is 42.5 Å². The number of hydrogen-bond donors (Lipinski definition) is 2. The van der Waals surface area contributed by atoms with Gasteiger partial charge in [0.1, 0.15) is 5.75 Å². The maximum atomic E-state index is 12.2. The van der Waals surface area contributed by atoms with E-state index in [-0.39, 0.29) is 5.91 Å². The normalized spacial score (nSPS) is 10.1. The van der Waals surface area contributed by atoms with Crippen molar-refractivity contribution in [3.05, 3.63) is 65.2 Å². The molecule has 0 saturated heterocycles. The third kappa shape index (κ3) is 3.16. The molecule has 4 nitrogen and oxygen atoms in total. The third-order valence-corrected chi connectivity index (χ3v) is 3.11. The monoisotopic (exact) mass is 270 g/mol. The predicted octanol–water partition coefficient (Wildman–Crippen LogP) is 2.08. The largest absolute Gasteiger partial charge is 0.496 e. The minimum atomic E-state index is -0.128. The maximum absolute atomic E-state index is 12.2. The molecule has 2 aromatic rings. The summed E-state index contributed by atoms with van der Waals surface area (Å²) in [6.45, 7) is 0.764. The second-order valence-corrected chi connectivity index (χ2v) is 4.36. The van der Waals surface area contributed by atoms with Crippen LogP contribution < -0.4 is 15.8 Å². The van der Waals surface area contributed by atoms with Gasteiger partial charge in [-0.3, -0.25) is 4.79 Å². The molecule has 0 aliphatic rings. The lowest BCUT2D eigenvalue weighted by molar-refractivity contribution is 0.0949. The molecule has 0 radical (unpaired) electrons. The van der Waals surface area contributed by atoms with E-state index in [1.54, 1.807) is 13.2 Å². The number of amides is 1. The Balaban J connectivity index is 2.09. The van der Waals surface area contributed by atoms with Gasteiger partial charge in [0, 0.05) is 24.2 Å². The number of para-hydroxylation sites is 1. The van der Waals surface area contributed by atoms with Crippen LogP contribution in [-0.4, -0.2) is 13.0 Å². The molecule has 104 valence electrons. The van der Waals surface area contributed by atoms with Gasteiger partial charge in [-0.05, 0) is 17.7 Å². The van der Waals surface area contributed by atoms with Crippen LogP contribution in [-0.2, 0) is 13.1 Å². The minimum absolute atomic E-state index is 0.128. The predicted molar refractivity (Wildman–Crippen MR) is 78.5 cm³/mol. The van der Waals surface area contributed by atoms with Crippen LogP contribution in [0.1, 0.15) is 21.5 Å². The van der Waals surface area contributed by atoms with Gasteiger partial charge >= 0.3 is 0 Å². The van der Waals surface area contributed by atoms with Gasteiger partial charge in [0.05, 0.1) is 7.11 Å². The van der Waals surface area contributed by atoms with E-state index in [9.17, 15) is 4.79 Å². The number of ether oxygens (including phenoxy) is 1. The van der Waals surface area contributed by atoms with Crippen LogP contribution in [0, 0.1) is 0 Å². The van der Waals surface area contributed by atoms with Crippen LogP contribution in [0.3, 0.4) is 0 Å². The van der Waals surface area contributed by atoms with Crippen molar-refractivity contribution in [3.8, 4) is 5.75 Å². The third-order valence-electron chi connectivity index (χ3n) is 3.11. The molecule has 0 bridgehead atoms. The molecule has 4 heteroatoms. The lowest BCUT2D eigenvalue weighted by Crippen LogP contribution is -2.24. The van der Waals surface area contributed by atoms with Crippen LogP contribution in [0.5, 0.6) is 5.75 Å². The topological polar surface area (TPSA) is 64.3 Å². The molecule has 20 heavy (non-hydrogen) atoms. The Morgan fingerprint density at radius 1 is 1.10 bits per heavy atom. The average Bonchev–Trinajstić information content (AvgIpc) is 2.52. The first-order valence-electron chi connectivity index (χ1n) is 6.44. The highest BCUT2D eigenvalue weighted by atomic mass is 16.5. The summed E-state index contributed by atoms with van der Waals surface area (Å²) in [4.78, 5) is 12.2. The van der Waals surface area contributed by atoms with Crippen LogP contribution in [0.15, 0.2) is 48.5 Å². The highest BCUT2D eigenvalue weighted by Gasteiger charge is 2.10. The highest BCUT2D eigenvalue weighted by molar-refractivity contribution is 5.95. The number of nitrogens with one attached hydrogen (secondary N) is 1. The quantitative estimate of drug-likeness (QED) is 0.874. The van der Waals surface area contributed by atoms with Crippen molar-refractivity contribution in [1.82, 2.24) is 5.32 Å². The van der Waals surface area contributed by atoms with Gasteiger partial charge in [-0.25, -0.2) is 0 Å². The van der Waals surface area contributed by atoms with Gasteiger partial charge in [-0.15, -0.1) is 0 Å². The van der Waals surface area contributed by atoms with Crippen molar-refractivity contribution in [2.45, 2.75) is 13.1 Å². The van der Waals surface area contributed by atoms with Crippen molar-refractivity contribution in [1.29, 1.82) is 0 Å². The molecular formula is C16H18N2O2. The fourth-order valence-corrected chi connectivity index (χ4v) is 2.04. The molecule has 0 spiro atoms. The summed E-state index contributed by atoms with van der Waals surface area (Å²) in [5.74, 6) is 0.636. The van der Waals surface area contributed by atoms with E-state index in [0.29, 0.717) is 18.7 Å². The molecule has 0 heterocycles. The maximum Gasteiger partial charge on any atom is 0.251 e. The first-order valence-corrected chi connectivity index (χ1v) is 6.44. The molecule has 2 rings (SSSR count). The van der Waals surface area contributed by atoms with Gasteiger partial charge in [-0.1, -0.05) is 36.4 Å². The molecule has 2 aromatic carbocycles. The van der Waals surface area contributed by atoms with Gasteiger partial charge in [0.25, 0.3) is 5.91 Å². The van der Waals surface area contributed by atoms with Gasteiger partial charge < -0.3 is 15.8 Å². The number of methoxy groups -OCH3 is 1. The molecule has 0 aliphatic carbocycles. The molecule has 0 saturated carbocycles. The molecule has 3 N–H and O–H groups in total. The fourth-order valence-electron chi connectivity index (χ4n) is 2.04. The summed E-state index contributed by atoms with van der Waals surface area (Å²) in [5, 5.41) is 2.89. The smallest absolute Gasteiger partial charge is 0.251 e. The zero-order valence-corrected chi connectivity index (χ0v) is 11.4. The number of carbonyl (C=O) groups is 1. The second kappa shape index (κ2) is 6.73. The van der Waals surface area contributed by atoms with Gasteiger partial charge in [0.2, 0.25) is 0 Å². The van der Waals surface area contributed by atoms with E-state index < -0.39 is 0 Å². The molecular weight excluding hydrogens is 252 g/mol. The number of benzene rings is 2. The lowest BCUT2D eigenvalue weighted by Gasteiger charge is -2.11. The number of carbonyl (C=O) groups excluding carboxylic acids is 1. The van der Waals surface area contributed by atoms with Crippen molar-refractivity contribution in [2.24, 2.45) is 5.73 Å². The van der Waals surface area contributed by atoms with Crippen molar-refractivity contribution >= 4 is 5.91 Å². The minimum Gasteiger partial charge on any atom is -0.496 e. The standard InChI is InChI=1S/C16H18N2O2/c1-20-15-9-5-3-7-13(15)11-18-16(19)14-8-4-2-6-12(14)10-17/h2-9H,10-11,17H2,1H3,(H,18,19). The van der Waals surface area contributed by atoms with E-state index in [2.05, 4.69) is 5.32 Å². The summed E-state index contributed by atoms with van der Waals surface area (Å²) in [6.07, 6.45) is 0. The summed E-state index contributed by atoms with van der Waals surface area (Å²) in [5.41, 5.74) is 8.03. The Hall–Kier alpha value is -2.33. The Kier molecular flexibility index (Phi) is 4.74. The SMILES string of the molecule is COc1ccccc1CNC(=O)c1ccccc1CN. The molecule has 0 aromatic heterocycles. The number of hydrogen-bond acceptors (Lipinski definition) is 3. The average molecular weight is 270 g/mol. The number of rotatable bonds is 5. The summed E-state index contributed by atoms with van der Waals surface area (Å²) >= 11 is 0. The molecule has 1 amide bonds. The van der Waals surface area contributed by atoms with Gasteiger partial charge in [0.15, 0.2) is 0 Å². The van der Waals surface area contributed by atoms with E-state index >= 15 is 0 Å². The Morgan fingerprint density at radius 2 is 1.75 bits per heavy atom. The van der Waals surface area contributed by atoms with E-state index in [0.717, 1.165) is 16.9 Å². The van der Waals surface area contributed by atoms with Crippen molar-refractivity contribution < 1.29 is 9.53 Å². The first-order chi connectivity index (χ1) is 9.76.